The van der Waals surface area contributed by atoms with E-state index in [-0.39, 0.29) is 11.4 Å². The van der Waals surface area contributed by atoms with E-state index in [9.17, 15) is 0 Å². The van der Waals surface area contributed by atoms with Crippen molar-refractivity contribution >= 4 is 6.34 Å². The Morgan fingerprint density at radius 3 is 2.58 bits per heavy atom. The SMILES string of the molecule is COc1ccc(CN/C=N\C(C#N)=C(/N)C#N)cc1. The summed E-state index contributed by atoms with van der Waals surface area (Å²) < 4.78 is 5.05. The van der Waals surface area contributed by atoms with E-state index in [1.165, 1.54) is 6.34 Å². The third kappa shape index (κ3) is 4.41. The molecule has 1 aromatic carbocycles. The van der Waals surface area contributed by atoms with E-state index in [1.54, 1.807) is 19.2 Å². The van der Waals surface area contributed by atoms with Crippen molar-refractivity contribution < 1.29 is 4.74 Å². The zero-order valence-electron chi connectivity index (χ0n) is 10.4. The Kier molecular flexibility index (Phi) is 5.45. The Hall–Kier alpha value is -2.99. The van der Waals surface area contributed by atoms with E-state index in [0.717, 1.165) is 11.3 Å². The van der Waals surface area contributed by atoms with Crippen LogP contribution in [0.4, 0.5) is 0 Å². The first kappa shape index (κ1) is 14.1. The molecule has 0 aliphatic heterocycles. The number of hydrogen-bond acceptors (Lipinski definition) is 5. The summed E-state index contributed by atoms with van der Waals surface area (Å²) in [4.78, 5) is 3.77. The fraction of sp³-hybridized carbons (Fsp3) is 0.154. The first-order valence-electron chi connectivity index (χ1n) is 5.40. The summed E-state index contributed by atoms with van der Waals surface area (Å²) in [6.45, 7) is 0.540. The highest BCUT2D eigenvalue weighted by Gasteiger charge is 1.98. The predicted octanol–water partition coefficient (Wildman–Crippen LogP) is 1.03. The quantitative estimate of drug-likeness (QED) is 0.464. The van der Waals surface area contributed by atoms with E-state index >= 15 is 0 Å². The highest BCUT2D eigenvalue weighted by molar-refractivity contribution is 5.58. The first-order chi connectivity index (χ1) is 9.21. The molecule has 6 heteroatoms. The van der Waals surface area contributed by atoms with Crippen LogP contribution in [-0.2, 0) is 6.54 Å². The van der Waals surface area contributed by atoms with Crippen LogP contribution in [0.3, 0.4) is 0 Å². The second kappa shape index (κ2) is 7.36. The molecule has 0 unspecified atom stereocenters. The number of allylic oxidation sites excluding steroid dienone is 2. The summed E-state index contributed by atoms with van der Waals surface area (Å²) >= 11 is 0. The Morgan fingerprint density at radius 2 is 2.05 bits per heavy atom. The molecule has 1 rings (SSSR count). The van der Waals surface area contributed by atoms with Gasteiger partial charge in [-0.3, -0.25) is 0 Å². The lowest BCUT2D eigenvalue weighted by atomic mass is 10.2. The summed E-state index contributed by atoms with van der Waals surface area (Å²) in [6.07, 6.45) is 1.34. The number of nitrogens with one attached hydrogen (secondary N) is 1. The molecule has 0 heterocycles. The van der Waals surface area contributed by atoms with Crippen molar-refractivity contribution in [3.8, 4) is 17.9 Å². The van der Waals surface area contributed by atoms with Gasteiger partial charge < -0.3 is 15.8 Å². The van der Waals surface area contributed by atoms with Crippen LogP contribution >= 0.6 is 0 Å². The van der Waals surface area contributed by atoms with Crippen LogP contribution in [0, 0.1) is 22.7 Å². The molecule has 0 bridgehead atoms. The van der Waals surface area contributed by atoms with Crippen molar-refractivity contribution in [1.82, 2.24) is 5.32 Å². The van der Waals surface area contributed by atoms with Crippen LogP contribution < -0.4 is 15.8 Å². The number of hydrogen-bond donors (Lipinski definition) is 2. The van der Waals surface area contributed by atoms with E-state index in [4.69, 9.17) is 21.0 Å². The van der Waals surface area contributed by atoms with Crippen molar-refractivity contribution in [2.45, 2.75) is 6.54 Å². The monoisotopic (exact) mass is 255 g/mol. The van der Waals surface area contributed by atoms with Gasteiger partial charge in [-0.2, -0.15) is 10.5 Å². The predicted molar refractivity (Wildman–Crippen MR) is 70.8 cm³/mol. The molecule has 0 aliphatic rings. The maximum atomic E-state index is 8.71. The van der Waals surface area contributed by atoms with E-state index < -0.39 is 0 Å². The standard InChI is InChI=1S/C13H13N5O/c1-19-11-4-2-10(3-5-11)8-17-9-18-13(7-15)12(16)6-14/h2-5,9H,8,16H2,1H3,(H,17,18)/b13-12-. The van der Waals surface area contributed by atoms with Gasteiger partial charge in [-0.15, -0.1) is 0 Å². The minimum atomic E-state index is -0.204. The molecular formula is C13H13N5O. The van der Waals surface area contributed by atoms with Crippen LogP contribution in [0.5, 0.6) is 5.75 Å². The second-order valence-electron chi connectivity index (χ2n) is 3.47. The van der Waals surface area contributed by atoms with Crippen molar-refractivity contribution in [2.75, 3.05) is 7.11 Å². The fourth-order valence-corrected chi connectivity index (χ4v) is 1.23. The Bertz CT molecular complexity index is 560. The lowest BCUT2D eigenvalue weighted by Crippen LogP contribution is -2.10. The third-order valence-electron chi connectivity index (χ3n) is 2.23. The number of nitrogens with zero attached hydrogens (tertiary/aromatic N) is 3. The van der Waals surface area contributed by atoms with E-state index in [2.05, 4.69) is 10.3 Å². The Morgan fingerprint density at radius 1 is 1.37 bits per heavy atom. The number of rotatable bonds is 5. The van der Waals surface area contributed by atoms with Crippen LogP contribution in [0.2, 0.25) is 0 Å². The molecule has 0 aromatic heterocycles. The summed E-state index contributed by atoms with van der Waals surface area (Å²) in [5.41, 5.74) is 6.01. The van der Waals surface area contributed by atoms with Gasteiger partial charge in [0.2, 0.25) is 0 Å². The van der Waals surface area contributed by atoms with Crippen molar-refractivity contribution in [3.05, 3.63) is 41.2 Å². The number of benzene rings is 1. The zero-order valence-corrected chi connectivity index (χ0v) is 10.4. The number of aliphatic imine (C=N–C) groups is 1. The summed E-state index contributed by atoms with van der Waals surface area (Å²) in [7, 11) is 1.61. The molecule has 1 aromatic rings. The number of nitriles is 2. The van der Waals surface area contributed by atoms with Crippen LogP contribution in [0.25, 0.3) is 0 Å². The van der Waals surface area contributed by atoms with Gasteiger partial charge in [-0.25, -0.2) is 4.99 Å². The lowest BCUT2D eigenvalue weighted by Gasteiger charge is -2.03. The molecule has 0 radical (unpaired) electrons. The van der Waals surface area contributed by atoms with Crippen LogP contribution in [0.15, 0.2) is 40.7 Å². The van der Waals surface area contributed by atoms with Gasteiger partial charge in [-0.1, -0.05) is 12.1 Å². The molecule has 6 nitrogen and oxygen atoms in total. The maximum Gasteiger partial charge on any atom is 0.175 e. The third-order valence-corrected chi connectivity index (χ3v) is 2.23. The van der Waals surface area contributed by atoms with Crippen molar-refractivity contribution in [2.24, 2.45) is 10.7 Å². The van der Waals surface area contributed by atoms with E-state index in [1.807, 2.05) is 24.3 Å². The molecule has 0 atom stereocenters. The molecule has 0 aliphatic carbocycles. The Labute approximate surface area is 111 Å². The smallest absolute Gasteiger partial charge is 0.175 e. The normalized spacial score (nSPS) is 11.3. The van der Waals surface area contributed by atoms with Gasteiger partial charge in [-0.05, 0) is 17.7 Å². The van der Waals surface area contributed by atoms with Crippen LogP contribution in [0.1, 0.15) is 5.56 Å². The first-order valence-corrected chi connectivity index (χ1v) is 5.40. The van der Waals surface area contributed by atoms with Gasteiger partial charge in [0.25, 0.3) is 0 Å². The second-order valence-corrected chi connectivity index (χ2v) is 3.47. The molecular weight excluding hydrogens is 242 g/mol. The topological polar surface area (TPSA) is 107 Å². The summed E-state index contributed by atoms with van der Waals surface area (Å²) in [5.74, 6) is 0.786. The van der Waals surface area contributed by atoms with Gasteiger partial charge in [0.1, 0.15) is 23.6 Å². The molecule has 0 amide bonds. The number of methoxy groups -OCH3 is 1. The fourth-order valence-electron chi connectivity index (χ4n) is 1.23. The summed E-state index contributed by atoms with van der Waals surface area (Å²) in [5, 5.41) is 20.1. The average molecular weight is 255 g/mol. The highest BCUT2D eigenvalue weighted by atomic mass is 16.5. The molecule has 0 fully saturated rings. The highest BCUT2D eigenvalue weighted by Crippen LogP contribution is 2.10. The van der Waals surface area contributed by atoms with Gasteiger partial charge in [0.15, 0.2) is 5.70 Å². The van der Waals surface area contributed by atoms with Gasteiger partial charge in [0.05, 0.1) is 13.4 Å². The Balaban J connectivity index is 2.55. The molecule has 3 N–H and O–H groups in total. The molecule has 0 spiro atoms. The van der Waals surface area contributed by atoms with Crippen molar-refractivity contribution in [1.29, 1.82) is 10.5 Å². The average Bonchev–Trinajstić information content (AvgIpc) is 2.47. The van der Waals surface area contributed by atoms with Gasteiger partial charge >= 0.3 is 0 Å². The van der Waals surface area contributed by atoms with E-state index in [0.29, 0.717) is 6.54 Å². The zero-order chi connectivity index (χ0) is 14.1. The number of ether oxygens (including phenoxy) is 1. The minimum Gasteiger partial charge on any atom is -0.497 e. The largest absolute Gasteiger partial charge is 0.497 e. The molecule has 0 saturated carbocycles. The molecule has 19 heavy (non-hydrogen) atoms. The molecule has 0 saturated heterocycles. The summed E-state index contributed by atoms with van der Waals surface area (Å²) in [6, 6.07) is 10.9. The number of nitrogens with two attached hydrogens (primary N) is 1. The molecule has 96 valence electrons. The maximum absolute atomic E-state index is 8.71. The van der Waals surface area contributed by atoms with Gasteiger partial charge in [0, 0.05) is 6.54 Å². The van der Waals surface area contributed by atoms with Crippen LogP contribution in [-0.4, -0.2) is 13.4 Å². The van der Waals surface area contributed by atoms with Crippen molar-refractivity contribution in [3.63, 3.8) is 0 Å². The lowest BCUT2D eigenvalue weighted by molar-refractivity contribution is 0.414. The minimum absolute atomic E-state index is 0.107.